The molecule has 1 aromatic heterocycles. The van der Waals surface area contributed by atoms with Crippen molar-refractivity contribution in [1.29, 1.82) is 0 Å². The van der Waals surface area contributed by atoms with Gasteiger partial charge in [0.2, 0.25) is 0 Å². The average Bonchev–Trinajstić information content (AvgIpc) is 2.66. The lowest BCUT2D eigenvalue weighted by molar-refractivity contribution is 0.112. The smallest absolute Gasteiger partial charge is 0.150 e. The number of aldehydes is 1. The maximum absolute atomic E-state index is 14.0. The molecule has 0 atom stereocenters. The van der Waals surface area contributed by atoms with E-state index in [1.54, 1.807) is 6.07 Å². The average molecular weight is 260 g/mol. The first-order valence-corrected chi connectivity index (χ1v) is 6.37. The minimum Gasteiger partial charge on any atom is -0.298 e. The van der Waals surface area contributed by atoms with Crippen LogP contribution in [-0.2, 0) is 6.54 Å². The lowest BCUT2D eigenvalue weighted by Gasteiger charge is -2.06. The molecule has 1 aromatic carbocycles. The molecule has 0 saturated heterocycles. The van der Waals surface area contributed by atoms with Crippen molar-refractivity contribution in [2.75, 3.05) is 0 Å². The Morgan fingerprint density at radius 3 is 2.74 bits per heavy atom. The first kappa shape index (κ1) is 13.5. The molecule has 0 aliphatic heterocycles. The minimum absolute atomic E-state index is 0.326. The molecule has 2 aromatic rings. The van der Waals surface area contributed by atoms with E-state index in [0.717, 1.165) is 36.2 Å². The Kier molecular flexibility index (Phi) is 3.79. The molecule has 1 heterocycles. The zero-order valence-corrected chi connectivity index (χ0v) is 11.4. The Labute approximate surface area is 112 Å². The third-order valence-electron chi connectivity index (χ3n) is 3.21. The van der Waals surface area contributed by atoms with E-state index in [4.69, 9.17) is 0 Å². The molecule has 0 fully saturated rings. The maximum atomic E-state index is 14.0. The van der Waals surface area contributed by atoms with Crippen molar-refractivity contribution in [3.05, 3.63) is 41.0 Å². The molecule has 0 spiro atoms. The fourth-order valence-corrected chi connectivity index (χ4v) is 2.32. The van der Waals surface area contributed by atoms with E-state index in [-0.39, 0.29) is 5.82 Å². The predicted octanol–water partition coefficient (Wildman–Crippen LogP) is 3.53. The topological polar surface area (TPSA) is 34.9 Å². The van der Waals surface area contributed by atoms with Gasteiger partial charge in [-0.1, -0.05) is 6.92 Å². The van der Waals surface area contributed by atoms with Gasteiger partial charge in [-0.05, 0) is 38.5 Å². The van der Waals surface area contributed by atoms with Crippen LogP contribution < -0.4 is 0 Å². The Hall–Kier alpha value is -1.97. The summed E-state index contributed by atoms with van der Waals surface area (Å²) >= 11 is 0. The molecule has 0 amide bonds. The quantitative estimate of drug-likeness (QED) is 0.788. The molecule has 0 aliphatic rings. The van der Waals surface area contributed by atoms with Crippen LogP contribution in [0.4, 0.5) is 4.39 Å². The summed E-state index contributed by atoms with van der Waals surface area (Å²) in [5, 5.41) is 4.43. The molecule has 0 unspecified atom stereocenters. The van der Waals surface area contributed by atoms with Crippen molar-refractivity contribution < 1.29 is 9.18 Å². The van der Waals surface area contributed by atoms with Gasteiger partial charge in [0.1, 0.15) is 12.1 Å². The summed E-state index contributed by atoms with van der Waals surface area (Å²) in [6.07, 6.45) is 1.70. The molecule has 0 saturated carbocycles. The van der Waals surface area contributed by atoms with E-state index >= 15 is 0 Å². The van der Waals surface area contributed by atoms with Crippen LogP contribution in [0.15, 0.2) is 18.2 Å². The number of rotatable bonds is 4. The summed E-state index contributed by atoms with van der Waals surface area (Å²) in [5.74, 6) is -0.326. The summed E-state index contributed by atoms with van der Waals surface area (Å²) in [6.45, 7) is 6.67. The van der Waals surface area contributed by atoms with Crippen LogP contribution >= 0.6 is 0 Å². The van der Waals surface area contributed by atoms with Crippen molar-refractivity contribution in [1.82, 2.24) is 9.78 Å². The van der Waals surface area contributed by atoms with Gasteiger partial charge in [0.25, 0.3) is 0 Å². The van der Waals surface area contributed by atoms with Gasteiger partial charge < -0.3 is 0 Å². The lowest BCUT2D eigenvalue weighted by atomic mass is 10.0. The summed E-state index contributed by atoms with van der Waals surface area (Å²) in [4.78, 5) is 10.8. The highest BCUT2D eigenvalue weighted by molar-refractivity contribution is 5.80. The van der Waals surface area contributed by atoms with Crippen molar-refractivity contribution in [3.8, 4) is 11.1 Å². The Balaban J connectivity index is 2.61. The Bertz CT molecular complexity index is 617. The highest BCUT2D eigenvalue weighted by Crippen LogP contribution is 2.29. The van der Waals surface area contributed by atoms with E-state index in [9.17, 15) is 9.18 Å². The summed E-state index contributed by atoms with van der Waals surface area (Å²) in [6, 6.07) is 4.39. The molecule has 19 heavy (non-hydrogen) atoms. The zero-order chi connectivity index (χ0) is 14.0. The standard InChI is InChI=1S/C15H17FN2O/c1-4-7-18-11(3)15(10(2)17-18)13-8-12(9-19)5-6-14(13)16/h5-6,8-9H,4,7H2,1-3H3. The fraction of sp³-hybridized carbons (Fsp3) is 0.333. The van der Waals surface area contributed by atoms with E-state index in [1.165, 1.54) is 12.1 Å². The Morgan fingerprint density at radius 2 is 2.11 bits per heavy atom. The van der Waals surface area contributed by atoms with Crippen LogP contribution in [0.25, 0.3) is 11.1 Å². The summed E-state index contributed by atoms with van der Waals surface area (Å²) in [7, 11) is 0. The first-order valence-electron chi connectivity index (χ1n) is 6.37. The highest BCUT2D eigenvalue weighted by atomic mass is 19.1. The van der Waals surface area contributed by atoms with Gasteiger partial charge >= 0.3 is 0 Å². The van der Waals surface area contributed by atoms with Crippen LogP contribution in [0.5, 0.6) is 0 Å². The number of benzene rings is 1. The number of aromatic nitrogens is 2. The van der Waals surface area contributed by atoms with Gasteiger partial charge in [-0.3, -0.25) is 9.48 Å². The SMILES string of the molecule is CCCn1nc(C)c(-c2cc(C=O)ccc2F)c1C. The number of aryl methyl sites for hydroxylation is 2. The van der Waals surface area contributed by atoms with Crippen molar-refractivity contribution in [3.63, 3.8) is 0 Å². The second-order valence-electron chi connectivity index (χ2n) is 4.63. The molecule has 0 bridgehead atoms. The van der Waals surface area contributed by atoms with E-state index in [1.807, 2.05) is 18.5 Å². The minimum atomic E-state index is -0.326. The van der Waals surface area contributed by atoms with Gasteiger partial charge in [-0.25, -0.2) is 4.39 Å². The van der Waals surface area contributed by atoms with Crippen LogP contribution in [-0.4, -0.2) is 16.1 Å². The molecular formula is C15H17FN2O. The van der Waals surface area contributed by atoms with Gasteiger partial charge in [-0.15, -0.1) is 0 Å². The molecule has 0 N–H and O–H groups in total. The molecule has 4 heteroatoms. The zero-order valence-electron chi connectivity index (χ0n) is 11.4. The molecule has 0 radical (unpaired) electrons. The number of halogens is 1. The Morgan fingerprint density at radius 1 is 1.37 bits per heavy atom. The second-order valence-corrected chi connectivity index (χ2v) is 4.63. The highest BCUT2D eigenvalue weighted by Gasteiger charge is 2.16. The van der Waals surface area contributed by atoms with Crippen molar-refractivity contribution >= 4 is 6.29 Å². The van der Waals surface area contributed by atoms with Crippen LogP contribution in [0.2, 0.25) is 0 Å². The largest absolute Gasteiger partial charge is 0.298 e. The molecule has 100 valence electrons. The number of nitrogens with zero attached hydrogens (tertiary/aromatic N) is 2. The third kappa shape index (κ3) is 2.43. The molecule has 3 nitrogen and oxygen atoms in total. The van der Waals surface area contributed by atoms with Crippen LogP contribution in [0, 0.1) is 19.7 Å². The molecule has 0 aliphatic carbocycles. The monoisotopic (exact) mass is 260 g/mol. The van der Waals surface area contributed by atoms with E-state index in [0.29, 0.717) is 11.1 Å². The summed E-state index contributed by atoms with van der Waals surface area (Å²) < 4.78 is 15.9. The van der Waals surface area contributed by atoms with Crippen LogP contribution in [0.3, 0.4) is 0 Å². The third-order valence-corrected chi connectivity index (χ3v) is 3.21. The van der Waals surface area contributed by atoms with E-state index in [2.05, 4.69) is 12.0 Å². The first-order chi connectivity index (χ1) is 9.08. The normalized spacial score (nSPS) is 10.7. The fourth-order valence-electron chi connectivity index (χ4n) is 2.32. The summed E-state index contributed by atoms with van der Waals surface area (Å²) in [5.41, 5.74) is 3.42. The second kappa shape index (κ2) is 5.34. The number of carbonyl (C=O) groups excluding carboxylic acids is 1. The van der Waals surface area contributed by atoms with Crippen molar-refractivity contribution in [2.24, 2.45) is 0 Å². The number of hydrogen-bond donors (Lipinski definition) is 0. The number of carbonyl (C=O) groups is 1. The van der Waals surface area contributed by atoms with Crippen LogP contribution in [0.1, 0.15) is 35.1 Å². The van der Waals surface area contributed by atoms with Crippen molar-refractivity contribution in [2.45, 2.75) is 33.7 Å². The lowest BCUT2D eigenvalue weighted by Crippen LogP contribution is -2.01. The maximum Gasteiger partial charge on any atom is 0.150 e. The predicted molar refractivity (Wildman–Crippen MR) is 72.8 cm³/mol. The van der Waals surface area contributed by atoms with Gasteiger partial charge in [0, 0.05) is 28.9 Å². The number of hydrogen-bond acceptors (Lipinski definition) is 2. The van der Waals surface area contributed by atoms with E-state index < -0.39 is 0 Å². The molecule has 2 rings (SSSR count). The van der Waals surface area contributed by atoms with Gasteiger partial charge in [0.05, 0.1) is 5.69 Å². The van der Waals surface area contributed by atoms with Gasteiger partial charge in [-0.2, -0.15) is 5.10 Å². The van der Waals surface area contributed by atoms with Gasteiger partial charge in [0.15, 0.2) is 0 Å². The molecular weight excluding hydrogens is 243 g/mol.